The standard InChI is InChI=1S/C9H17FO2.2Na/c1-2-3-4-5-6-7-8-9(11)12-10;;/h2-8H2,1H3;;. The first-order chi connectivity index (χ1) is 5.81. The fraction of sp³-hybridized carbons (Fsp3) is 0.889. The molecule has 0 atom stereocenters. The van der Waals surface area contributed by atoms with Gasteiger partial charge in [0.2, 0.25) is 0 Å². The number of hydrogen-bond donors (Lipinski definition) is 0. The van der Waals surface area contributed by atoms with Gasteiger partial charge < -0.3 is 0 Å². The first kappa shape index (κ1) is 20.8. The van der Waals surface area contributed by atoms with Gasteiger partial charge in [0.05, 0.1) is 0 Å². The molecule has 0 spiro atoms. The minimum absolute atomic E-state index is 0. The predicted octanol–water partition coefficient (Wildman–Crippen LogP) is 2.40. The average molecular weight is 222 g/mol. The Labute approximate surface area is 130 Å². The van der Waals surface area contributed by atoms with Crippen LogP contribution in [0.2, 0.25) is 0 Å². The molecule has 5 heteroatoms. The van der Waals surface area contributed by atoms with Crippen LogP contribution in [0.1, 0.15) is 51.9 Å². The van der Waals surface area contributed by atoms with Crippen LogP contribution < -0.4 is 0 Å². The summed E-state index contributed by atoms with van der Waals surface area (Å²) in [5, 5.41) is 0. The van der Waals surface area contributed by atoms with Gasteiger partial charge in [0.1, 0.15) is 0 Å². The van der Waals surface area contributed by atoms with Crippen molar-refractivity contribution in [3.05, 3.63) is 0 Å². The van der Waals surface area contributed by atoms with Crippen molar-refractivity contribution >= 4 is 65.1 Å². The summed E-state index contributed by atoms with van der Waals surface area (Å²) in [5.41, 5.74) is 0. The molecular formula is C9H17FNa2O2. The van der Waals surface area contributed by atoms with Crippen LogP contribution in [0.25, 0.3) is 0 Å². The topological polar surface area (TPSA) is 26.3 Å². The van der Waals surface area contributed by atoms with E-state index in [1.54, 1.807) is 0 Å². The van der Waals surface area contributed by atoms with E-state index in [1.165, 1.54) is 19.3 Å². The minimum atomic E-state index is -0.745. The van der Waals surface area contributed by atoms with E-state index in [4.69, 9.17) is 0 Å². The van der Waals surface area contributed by atoms with Crippen molar-refractivity contribution in [1.82, 2.24) is 0 Å². The Morgan fingerprint density at radius 3 is 2.07 bits per heavy atom. The molecule has 0 aromatic carbocycles. The fourth-order valence-electron chi connectivity index (χ4n) is 1.09. The summed E-state index contributed by atoms with van der Waals surface area (Å²) in [4.78, 5) is 13.3. The van der Waals surface area contributed by atoms with Crippen LogP contribution >= 0.6 is 0 Å². The van der Waals surface area contributed by atoms with E-state index in [9.17, 15) is 9.32 Å². The Bertz CT molecular complexity index is 123. The van der Waals surface area contributed by atoms with Crippen LogP contribution in [0, 0.1) is 0 Å². The first-order valence-electron chi connectivity index (χ1n) is 4.62. The van der Waals surface area contributed by atoms with Crippen molar-refractivity contribution in [2.45, 2.75) is 51.9 Å². The molecule has 14 heavy (non-hydrogen) atoms. The number of hydrogen-bond acceptors (Lipinski definition) is 2. The summed E-state index contributed by atoms with van der Waals surface area (Å²) < 4.78 is 11.2. The van der Waals surface area contributed by atoms with Gasteiger partial charge in [-0.1, -0.05) is 39.0 Å². The van der Waals surface area contributed by atoms with Crippen LogP contribution in [0.15, 0.2) is 0 Å². The van der Waals surface area contributed by atoms with Gasteiger partial charge in [-0.15, -0.1) is 0 Å². The Morgan fingerprint density at radius 2 is 1.57 bits per heavy atom. The van der Waals surface area contributed by atoms with Crippen molar-refractivity contribution in [2.75, 3.05) is 0 Å². The molecule has 0 bridgehead atoms. The third kappa shape index (κ3) is 15.9. The number of halogens is 1. The summed E-state index contributed by atoms with van der Waals surface area (Å²) in [6.45, 7) is 2.15. The molecule has 0 fully saturated rings. The van der Waals surface area contributed by atoms with E-state index in [1.807, 2.05) is 0 Å². The molecule has 74 valence electrons. The van der Waals surface area contributed by atoms with Crippen molar-refractivity contribution in [3.8, 4) is 0 Å². The zero-order chi connectivity index (χ0) is 9.23. The van der Waals surface area contributed by atoms with E-state index in [0.717, 1.165) is 19.3 Å². The Morgan fingerprint density at radius 1 is 1.07 bits per heavy atom. The van der Waals surface area contributed by atoms with Crippen molar-refractivity contribution in [3.63, 3.8) is 0 Å². The molecule has 0 saturated carbocycles. The van der Waals surface area contributed by atoms with Crippen LogP contribution in [-0.2, 0) is 9.74 Å². The quantitative estimate of drug-likeness (QED) is 0.488. The maximum absolute atomic E-state index is 11.2. The Kier molecular flexibility index (Phi) is 24.9. The third-order valence-corrected chi connectivity index (χ3v) is 1.82. The number of unbranched alkanes of at least 4 members (excludes halogenated alkanes) is 5. The molecule has 2 radical (unpaired) electrons. The first-order valence-corrected chi connectivity index (χ1v) is 4.62. The van der Waals surface area contributed by atoms with Gasteiger partial charge >= 0.3 is 5.97 Å². The Hall–Kier alpha value is 1.40. The summed E-state index contributed by atoms with van der Waals surface area (Å²) >= 11 is 0. The second-order valence-corrected chi connectivity index (χ2v) is 2.97. The normalized spacial score (nSPS) is 8.43. The van der Waals surface area contributed by atoms with Gasteiger partial charge in [-0.25, -0.2) is 4.79 Å². The molecule has 2 nitrogen and oxygen atoms in total. The molecule has 0 N–H and O–H groups in total. The van der Waals surface area contributed by atoms with E-state index in [0.29, 0.717) is 0 Å². The van der Waals surface area contributed by atoms with E-state index < -0.39 is 5.97 Å². The largest absolute Gasteiger partial charge is 0.348 e. The van der Waals surface area contributed by atoms with Crippen molar-refractivity contribution in [1.29, 1.82) is 0 Å². The second kappa shape index (κ2) is 16.8. The maximum atomic E-state index is 11.2. The van der Waals surface area contributed by atoms with Gasteiger partial charge in [-0.05, 0) is 6.42 Å². The van der Waals surface area contributed by atoms with E-state index in [2.05, 4.69) is 11.9 Å². The summed E-state index contributed by atoms with van der Waals surface area (Å²) in [5.74, 6) is -0.745. The zero-order valence-electron chi connectivity index (χ0n) is 9.64. The molecule has 0 aromatic rings. The molecular weight excluding hydrogens is 205 g/mol. The Balaban J connectivity index is -0.000000605. The number of carbonyl (C=O) groups is 1. The van der Waals surface area contributed by atoms with Crippen molar-refractivity contribution in [2.24, 2.45) is 0 Å². The van der Waals surface area contributed by atoms with Crippen molar-refractivity contribution < 1.29 is 14.3 Å². The van der Waals surface area contributed by atoms with Crippen LogP contribution in [0.4, 0.5) is 4.53 Å². The molecule has 0 unspecified atom stereocenters. The molecule has 0 aromatic heterocycles. The SMILES string of the molecule is CCCCCCCCC(=O)OF.[Na].[Na]. The summed E-state index contributed by atoms with van der Waals surface area (Å²) in [6, 6.07) is 0. The molecule has 0 heterocycles. The zero-order valence-corrected chi connectivity index (χ0v) is 13.6. The maximum Gasteiger partial charge on any atom is 0.348 e. The van der Waals surface area contributed by atoms with Crippen LogP contribution in [0.3, 0.4) is 0 Å². The number of rotatable bonds is 7. The molecule has 0 aliphatic rings. The minimum Gasteiger partial charge on any atom is -0.255 e. The van der Waals surface area contributed by atoms with E-state index >= 15 is 0 Å². The average Bonchev–Trinajstić information content (AvgIpc) is 2.10. The van der Waals surface area contributed by atoms with Gasteiger partial charge in [0.25, 0.3) is 0 Å². The van der Waals surface area contributed by atoms with Gasteiger partial charge in [0, 0.05) is 70.1 Å². The molecule has 0 aliphatic carbocycles. The van der Waals surface area contributed by atoms with Crippen LogP contribution in [0.5, 0.6) is 0 Å². The van der Waals surface area contributed by atoms with Gasteiger partial charge in [0.15, 0.2) is 0 Å². The fourth-order valence-corrected chi connectivity index (χ4v) is 1.09. The molecule has 0 aliphatic heterocycles. The molecule has 0 saturated heterocycles. The van der Waals surface area contributed by atoms with Crippen LogP contribution in [-0.4, -0.2) is 65.1 Å². The summed E-state index contributed by atoms with van der Waals surface area (Å²) in [7, 11) is 0. The monoisotopic (exact) mass is 222 g/mol. The molecule has 0 rings (SSSR count). The van der Waals surface area contributed by atoms with E-state index in [-0.39, 0.29) is 65.5 Å². The van der Waals surface area contributed by atoms with Gasteiger partial charge in [-0.2, -0.15) is 0 Å². The third-order valence-electron chi connectivity index (χ3n) is 1.82. The second-order valence-electron chi connectivity index (χ2n) is 2.97. The smallest absolute Gasteiger partial charge is 0.255 e. The summed E-state index contributed by atoms with van der Waals surface area (Å²) in [6.07, 6.45) is 6.75. The van der Waals surface area contributed by atoms with Gasteiger partial charge in [-0.3, -0.25) is 4.94 Å². The molecule has 0 amide bonds. The predicted molar refractivity (Wildman–Crippen MR) is 56.7 cm³/mol. The number of carbonyl (C=O) groups excluding carboxylic acids is 1.